The van der Waals surface area contributed by atoms with Crippen molar-refractivity contribution in [1.29, 1.82) is 0 Å². The molecule has 0 radical (unpaired) electrons. The number of nitrogens with zero attached hydrogens (tertiary/aromatic N) is 4. The van der Waals surface area contributed by atoms with E-state index in [1.807, 2.05) is 38.1 Å². The van der Waals surface area contributed by atoms with Crippen molar-refractivity contribution >= 4 is 16.9 Å². The van der Waals surface area contributed by atoms with Crippen LogP contribution >= 0.6 is 0 Å². The Hall–Kier alpha value is -2.04. The molecule has 0 bridgehead atoms. The van der Waals surface area contributed by atoms with Gasteiger partial charge in [0.15, 0.2) is 0 Å². The number of hydrogen-bond donors (Lipinski definition) is 0. The van der Waals surface area contributed by atoms with E-state index in [4.69, 9.17) is 0 Å². The number of para-hydroxylation sites is 1. The first-order valence-corrected chi connectivity index (χ1v) is 5.46. The van der Waals surface area contributed by atoms with Gasteiger partial charge in [-0.2, -0.15) is 0 Å². The fourth-order valence-corrected chi connectivity index (χ4v) is 1.36. The quantitative estimate of drug-likeness (QED) is 0.784. The van der Waals surface area contributed by atoms with Crippen molar-refractivity contribution in [2.45, 2.75) is 19.9 Å². The van der Waals surface area contributed by atoms with Crippen LogP contribution in [0.15, 0.2) is 24.3 Å². The maximum Gasteiger partial charge on any atom is 0.293 e. The fourth-order valence-electron chi connectivity index (χ4n) is 1.36. The zero-order valence-corrected chi connectivity index (χ0v) is 10.1. The van der Waals surface area contributed by atoms with Gasteiger partial charge >= 0.3 is 0 Å². The average molecular weight is 230 g/mol. The lowest BCUT2D eigenvalue weighted by atomic mass is 10.3. The SMILES string of the molecule is CC(C)N(C)C(=O)c1nnc2ccccc2n1. The Morgan fingerprint density at radius 3 is 2.47 bits per heavy atom. The second-order valence-corrected chi connectivity index (χ2v) is 4.13. The predicted molar refractivity (Wildman–Crippen MR) is 64.6 cm³/mol. The van der Waals surface area contributed by atoms with E-state index in [1.165, 1.54) is 0 Å². The lowest BCUT2D eigenvalue weighted by Gasteiger charge is -2.19. The number of carbonyl (C=O) groups is 1. The molecular weight excluding hydrogens is 216 g/mol. The topological polar surface area (TPSA) is 59.0 Å². The normalized spacial score (nSPS) is 10.8. The number of aromatic nitrogens is 3. The molecule has 0 aliphatic rings. The Bertz CT molecular complexity index is 553. The first-order chi connectivity index (χ1) is 8.09. The monoisotopic (exact) mass is 230 g/mol. The molecule has 1 heterocycles. The Morgan fingerprint density at radius 1 is 1.18 bits per heavy atom. The third-order valence-electron chi connectivity index (χ3n) is 2.65. The van der Waals surface area contributed by atoms with Gasteiger partial charge in [0.2, 0.25) is 5.82 Å². The summed E-state index contributed by atoms with van der Waals surface area (Å²) < 4.78 is 0. The number of carbonyl (C=O) groups excluding carboxylic acids is 1. The van der Waals surface area contributed by atoms with E-state index in [2.05, 4.69) is 15.2 Å². The lowest BCUT2D eigenvalue weighted by Crippen LogP contribution is -2.34. The van der Waals surface area contributed by atoms with E-state index in [9.17, 15) is 4.79 Å². The third-order valence-corrected chi connectivity index (χ3v) is 2.65. The van der Waals surface area contributed by atoms with Crippen molar-refractivity contribution in [3.05, 3.63) is 30.1 Å². The van der Waals surface area contributed by atoms with Crippen LogP contribution in [0.3, 0.4) is 0 Å². The van der Waals surface area contributed by atoms with Crippen LogP contribution in [0.25, 0.3) is 11.0 Å². The molecule has 0 fully saturated rings. The van der Waals surface area contributed by atoms with Crippen LogP contribution in [0.4, 0.5) is 0 Å². The molecule has 0 saturated heterocycles. The molecule has 1 aromatic heterocycles. The maximum atomic E-state index is 12.0. The molecule has 1 aromatic carbocycles. The van der Waals surface area contributed by atoms with Crippen LogP contribution in [0.5, 0.6) is 0 Å². The molecule has 2 rings (SSSR count). The zero-order chi connectivity index (χ0) is 12.4. The molecule has 0 aliphatic carbocycles. The second kappa shape index (κ2) is 4.45. The summed E-state index contributed by atoms with van der Waals surface area (Å²) in [7, 11) is 1.73. The molecule has 0 spiro atoms. The highest BCUT2D eigenvalue weighted by molar-refractivity contribution is 5.91. The van der Waals surface area contributed by atoms with E-state index in [-0.39, 0.29) is 17.8 Å². The minimum Gasteiger partial charge on any atom is -0.337 e. The van der Waals surface area contributed by atoms with Crippen molar-refractivity contribution in [1.82, 2.24) is 20.1 Å². The number of hydrogen-bond acceptors (Lipinski definition) is 4. The summed E-state index contributed by atoms with van der Waals surface area (Å²) in [5.74, 6) is -0.0712. The van der Waals surface area contributed by atoms with Crippen molar-refractivity contribution in [2.75, 3.05) is 7.05 Å². The summed E-state index contributed by atoms with van der Waals surface area (Å²) in [4.78, 5) is 17.8. The van der Waals surface area contributed by atoms with Crippen LogP contribution in [0, 0.1) is 0 Å². The van der Waals surface area contributed by atoms with Crippen molar-refractivity contribution in [3.8, 4) is 0 Å². The molecule has 2 aromatic rings. The highest BCUT2D eigenvalue weighted by atomic mass is 16.2. The first kappa shape index (κ1) is 11.4. The van der Waals surface area contributed by atoms with Crippen molar-refractivity contribution in [3.63, 3.8) is 0 Å². The molecule has 17 heavy (non-hydrogen) atoms. The Morgan fingerprint density at radius 2 is 1.82 bits per heavy atom. The van der Waals surface area contributed by atoms with E-state index < -0.39 is 0 Å². The van der Waals surface area contributed by atoms with Gasteiger partial charge < -0.3 is 4.90 Å². The number of benzene rings is 1. The van der Waals surface area contributed by atoms with E-state index in [0.717, 1.165) is 0 Å². The summed E-state index contributed by atoms with van der Waals surface area (Å²) in [6, 6.07) is 7.46. The van der Waals surface area contributed by atoms with Gasteiger partial charge in [-0.1, -0.05) is 12.1 Å². The molecule has 5 heteroatoms. The number of fused-ring (bicyclic) bond motifs is 1. The summed E-state index contributed by atoms with van der Waals surface area (Å²) in [5.41, 5.74) is 1.37. The molecule has 0 saturated carbocycles. The Balaban J connectivity index is 2.40. The van der Waals surface area contributed by atoms with Crippen LogP contribution in [0.1, 0.15) is 24.5 Å². The lowest BCUT2D eigenvalue weighted by molar-refractivity contribution is 0.0741. The summed E-state index contributed by atoms with van der Waals surface area (Å²) in [6.07, 6.45) is 0. The highest BCUT2D eigenvalue weighted by Crippen LogP contribution is 2.08. The van der Waals surface area contributed by atoms with Gasteiger partial charge in [0, 0.05) is 13.1 Å². The van der Waals surface area contributed by atoms with E-state index in [1.54, 1.807) is 11.9 Å². The minimum atomic E-state index is -0.210. The molecule has 0 N–H and O–H groups in total. The molecule has 0 unspecified atom stereocenters. The van der Waals surface area contributed by atoms with E-state index in [0.29, 0.717) is 11.0 Å². The Labute approximate surface area is 99.5 Å². The third kappa shape index (κ3) is 2.22. The van der Waals surface area contributed by atoms with Crippen LogP contribution < -0.4 is 0 Å². The van der Waals surface area contributed by atoms with Crippen molar-refractivity contribution < 1.29 is 4.79 Å². The summed E-state index contributed by atoms with van der Waals surface area (Å²) >= 11 is 0. The second-order valence-electron chi connectivity index (χ2n) is 4.13. The van der Waals surface area contributed by atoms with Gasteiger partial charge in [-0.15, -0.1) is 10.2 Å². The summed E-state index contributed by atoms with van der Waals surface area (Å²) in [6.45, 7) is 3.87. The smallest absolute Gasteiger partial charge is 0.293 e. The first-order valence-electron chi connectivity index (χ1n) is 5.46. The fraction of sp³-hybridized carbons (Fsp3) is 0.333. The maximum absolute atomic E-state index is 12.0. The van der Waals surface area contributed by atoms with Gasteiger partial charge in [-0.05, 0) is 26.0 Å². The molecule has 5 nitrogen and oxygen atoms in total. The number of amides is 1. The molecule has 1 amide bonds. The largest absolute Gasteiger partial charge is 0.337 e. The van der Waals surface area contributed by atoms with Gasteiger partial charge in [0.05, 0.1) is 5.52 Å². The molecular formula is C12H14N4O. The van der Waals surface area contributed by atoms with Gasteiger partial charge in [-0.25, -0.2) is 4.98 Å². The standard InChI is InChI=1S/C12H14N4O/c1-8(2)16(3)12(17)11-13-9-6-4-5-7-10(9)14-15-11/h4-8H,1-3H3. The van der Waals surface area contributed by atoms with Crippen LogP contribution in [0.2, 0.25) is 0 Å². The Kier molecular flexibility index (Phi) is 2.99. The van der Waals surface area contributed by atoms with Gasteiger partial charge in [-0.3, -0.25) is 4.79 Å². The zero-order valence-electron chi connectivity index (χ0n) is 10.1. The number of rotatable bonds is 2. The summed E-state index contributed by atoms with van der Waals surface area (Å²) in [5, 5.41) is 7.84. The van der Waals surface area contributed by atoms with Gasteiger partial charge in [0.1, 0.15) is 5.52 Å². The van der Waals surface area contributed by atoms with Gasteiger partial charge in [0.25, 0.3) is 5.91 Å². The van der Waals surface area contributed by atoms with E-state index >= 15 is 0 Å². The molecule has 0 atom stereocenters. The predicted octanol–water partition coefficient (Wildman–Crippen LogP) is 1.51. The van der Waals surface area contributed by atoms with Crippen molar-refractivity contribution in [2.24, 2.45) is 0 Å². The van der Waals surface area contributed by atoms with Crippen LogP contribution in [-0.4, -0.2) is 39.1 Å². The molecule has 0 aliphatic heterocycles. The minimum absolute atomic E-state index is 0.109. The molecule has 88 valence electrons. The highest BCUT2D eigenvalue weighted by Gasteiger charge is 2.18. The average Bonchev–Trinajstić information content (AvgIpc) is 2.36. The van der Waals surface area contributed by atoms with Crippen LogP contribution in [-0.2, 0) is 0 Å².